The molecular formula is C12H18O2. The molecule has 2 atom stereocenters. The highest BCUT2D eigenvalue weighted by molar-refractivity contribution is 5.40. The Labute approximate surface area is 85.3 Å². The van der Waals surface area contributed by atoms with Crippen LogP contribution in [0.25, 0.3) is 0 Å². The number of aliphatic hydroxyl groups excluding tert-OH is 1. The van der Waals surface area contributed by atoms with E-state index in [2.05, 4.69) is 13.8 Å². The average molecular weight is 194 g/mol. The number of methoxy groups -OCH3 is 1. The van der Waals surface area contributed by atoms with Gasteiger partial charge >= 0.3 is 0 Å². The number of hydrogen-bond donors (Lipinski definition) is 1. The second-order valence-electron chi connectivity index (χ2n) is 4.96. The molecule has 2 nitrogen and oxygen atoms in total. The van der Waals surface area contributed by atoms with Crippen molar-refractivity contribution < 1.29 is 9.84 Å². The maximum absolute atomic E-state index is 10.1. The fourth-order valence-corrected chi connectivity index (χ4v) is 2.45. The Morgan fingerprint density at radius 1 is 1.50 bits per heavy atom. The normalized spacial score (nSPS) is 34.9. The van der Waals surface area contributed by atoms with Crippen LogP contribution in [0.5, 0.6) is 0 Å². The predicted molar refractivity (Wildman–Crippen MR) is 56.0 cm³/mol. The fraction of sp³-hybridized carbons (Fsp3) is 0.667. The minimum absolute atomic E-state index is 0.00234. The molecule has 2 aliphatic carbocycles. The molecule has 0 radical (unpaired) electrons. The summed E-state index contributed by atoms with van der Waals surface area (Å²) in [5.74, 6) is 0. The minimum atomic E-state index is -0.299. The van der Waals surface area contributed by atoms with Crippen LogP contribution >= 0.6 is 0 Å². The van der Waals surface area contributed by atoms with Gasteiger partial charge in [-0.25, -0.2) is 0 Å². The van der Waals surface area contributed by atoms with Crippen LogP contribution in [0.2, 0.25) is 0 Å². The van der Waals surface area contributed by atoms with Crippen molar-refractivity contribution >= 4 is 0 Å². The van der Waals surface area contributed by atoms with Crippen LogP contribution in [0.4, 0.5) is 0 Å². The van der Waals surface area contributed by atoms with Gasteiger partial charge in [-0.15, -0.1) is 0 Å². The second-order valence-corrected chi connectivity index (χ2v) is 4.96. The molecule has 0 heterocycles. The summed E-state index contributed by atoms with van der Waals surface area (Å²) < 4.78 is 5.30. The molecule has 0 bridgehead atoms. The van der Waals surface area contributed by atoms with E-state index in [1.54, 1.807) is 7.11 Å². The van der Waals surface area contributed by atoms with Crippen LogP contribution in [-0.4, -0.2) is 24.4 Å². The first-order valence-corrected chi connectivity index (χ1v) is 5.15. The molecule has 2 heteroatoms. The van der Waals surface area contributed by atoms with Gasteiger partial charge in [0, 0.05) is 7.11 Å². The fourth-order valence-electron chi connectivity index (χ4n) is 2.45. The molecule has 0 fully saturated rings. The largest absolute Gasteiger partial charge is 0.388 e. The van der Waals surface area contributed by atoms with Gasteiger partial charge in [0.1, 0.15) is 0 Å². The Morgan fingerprint density at radius 2 is 2.21 bits per heavy atom. The van der Waals surface area contributed by atoms with Gasteiger partial charge in [0.2, 0.25) is 0 Å². The highest BCUT2D eigenvalue weighted by atomic mass is 16.5. The summed E-state index contributed by atoms with van der Waals surface area (Å²) in [5.41, 5.74) is 2.50. The molecule has 2 unspecified atom stereocenters. The lowest BCUT2D eigenvalue weighted by molar-refractivity contribution is 0.0995. The molecule has 0 aromatic rings. The van der Waals surface area contributed by atoms with Crippen molar-refractivity contribution in [1.29, 1.82) is 0 Å². The first-order chi connectivity index (χ1) is 6.54. The van der Waals surface area contributed by atoms with E-state index in [1.165, 1.54) is 5.57 Å². The molecule has 0 saturated heterocycles. The van der Waals surface area contributed by atoms with E-state index in [0.29, 0.717) is 0 Å². The van der Waals surface area contributed by atoms with Gasteiger partial charge in [0.15, 0.2) is 0 Å². The van der Waals surface area contributed by atoms with Crippen LogP contribution in [0.3, 0.4) is 0 Å². The van der Waals surface area contributed by atoms with Gasteiger partial charge in [-0.05, 0) is 23.8 Å². The van der Waals surface area contributed by atoms with E-state index in [1.807, 2.05) is 12.2 Å². The summed E-state index contributed by atoms with van der Waals surface area (Å²) in [7, 11) is 1.73. The van der Waals surface area contributed by atoms with Crippen LogP contribution < -0.4 is 0 Å². The van der Waals surface area contributed by atoms with E-state index >= 15 is 0 Å². The lowest BCUT2D eigenvalue weighted by Crippen LogP contribution is -2.25. The zero-order valence-corrected chi connectivity index (χ0v) is 9.08. The summed E-state index contributed by atoms with van der Waals surface area (Å²) >= 11 is 0. The molecular weight excluding hydrogens is 176 g/mol. The van der Waals surface area contributed by atoms with Crippen molar-refractivity contribution in [3.63, 3.8) is 0 Å². The molecule has 2 aliphatic rings. The zero-order chi connectivity index (χ0) is 10.3. The topological polar surface area (TPSA) is 29.5 Å². The number of aliphatic hydroxyl groups is 1. The van der Waals surface area contributed by atoms with Crippen molar-refractivity contribution in [2.45, 2.75) is 38.9 Å². The van der Waals surface area contributed by atoms with E-state index in [0.717, 1.165) is 18.4 Å². The predicted octanol–water partition coefficient (Wildman–Crippen LogP) is 2.05. The highest BCUT2D eigenvalue weighted by Crippen LogP contribution is 2.45. The molecule has 2 rings (SSSR count). The first-order valence-electron chi connectivity index (χ1n) is 5.15. The van der Waals surface area contributed by atoms with Crippen LogP contribution in [-0.2, 0) is 4.74 Å². The molecule has 0 aromatic heterocycles. The Balaban J connectivity index is 2.22. The number of rotatable bonds is 1. The Morgan fingerprint density at radius 3 is 2.86 bits per heavy atom. The third-order valence-corrected chi connectivity index (χ3v) is 3.35. The van der Waals surface area contributed by atoms with Crippen molar-refractivity contribution in [3.8, 4) is 0 Å². The molecule has 0 aromatic carbocycles. The van der Waals surface area contributed by atoms with Crippen molar-refractivity contribution in [1.82, 2.24) is 0 Å². The Bertz CT molecular complexity index is 299. The monoisotopic (exact) mass is 194 g/mol. The Kier molecular flexibility index (Phi) is 2.28. The molecule has 0 saturated carbocycles. The third kappa shape index (κ3) is 1.43. The van der Waals surface area contributed by atoms with Crippen LogP contribution in [0.1, 0.15) is 26.7 Å². The van der Waals surface area contributed by atoms with Crippen molar-refractivity contribution in [2.24, 2.45) is 5.41 Å². The zero-order valence-electron chi connectivity index (χ0n) is 9.08. The van der Waals surface area contributed by atoms with E-state index < -0.39 is 0 Å². The van der Waals surface area contributed by atoms with Crippen LogP contribution in [0.15, 0.2) is 23.3 Å². The summed E-state index contributed by atoms with van der Waals surface area (Å²) in [6, 6.07) is 0. The first kappa shape index (κ1) is 9.94. The Hall–Kier alpha value is -0.600. The molecule has 14 heavy (non-hydrogen) atoms. The maximum atomic E-state index is 10.1. The maximum Gasteiger partial charge on any atom is 0.0843 e. The van der Waals surface area contributed by atoms with Crippen molar-refractivity contribution in [2.75, 3.05) is 7.11 Å². The third-order valence-electron chi connectivity index (χ3n) is 3.35. The summed E-state index contributed by atoms with van der Waals surface area (Å²) in [5, 5.41) is 10.1. The summed E-state index contributed by atoms with van der Waals surface area (Å²) in [6.45, 7) is 4.23. The van der Waals surface area contributed by atoms with Gasteiger partial charge < -0.3 is 9.84 Å². The average Bonchev–Trinajstić information content (AvgIpc) is 2.37. The minimum Gasteiger partial charge on any atom is -0.388 e. The van der Waals surface area contributed by atoms with Crippen molar-refractivity contribution in [3.05, 3.63) is 23.3 Å². The summed E-state index contributed by atoms with van der Waals surface area (Å²) in [6.07, 6.45) is 5.92. The smallest absolute Gasteiger partial charge is 0.0843 e. The van der Waals surface area contributed by atoms with Gasteiger partial charge in [0.25, 0.3) is 0 Å². The molecule has 78 valence electrons. The lowest BCUT2D eigenvalue weighted by Gasteiger charge is -2.23. The summed E-state index contributed by atoms with van der Waals surface area (Å²) in [4.78, 5) is 0. The quantitative estimate of drug-likeness (QED) is 0.692. The van der Waals surface area contributed by atoms with Crippen LogP contribution in [0, 0.1) is 5.41 Å². The molecule has 0 amide bonds. The molecule has 0 aliphatic heterocycles. The van der Waals surface area contributed by atoms with E-state index in [9.17, 15) is 5.11 Å². The van der Waals surface area contributed by atoms with Gasteiger partial charge in [-0.2, -0.15) is 0 Å². The number of hydrogen-bond acceptors (Lipinski definition) is 2. The standard InChI is InChI=1S/C12H18O2/c1-12(2)7-8-6-9(14-3)4-5-10(8)11(12)13/h4-5,9,11,13H,6-7H2,1-3H3. The van der Waals surface area contributed by atoms with Gasteiger partial charge in [-0.3, -0.25) is 0 Å². The van der Waals surface area contributed by atoms with E-state index in [-0.39, 0.29) is 17.6 Å². The number of ether oxygens (including phenoxy) is 1. The lowest BCUT2D eigenvalue weighted by atomic mass is 9.86. The molecule has 0 spiro atoms. The molecule has 1 N–H and O–H groups in total. The SMILES string of the molecule is COC1C=CC2=C(C1)CC(C)(C)C2O. The van der Waals surface area contributed by atoms with Gasteiger partial charge in [-0.1, -0.05) is 31.6 Å². The second kappa shape index (κ2) is 3.21. The highest BCUT2D eigenvalue weighted by Gasteiger charge is 2.40. The van der Waals surface area contributed by atoms with E-state index in [4.69, 9.17) is 4.74 Å². The van der Waals surface area contributed by atoms with Gasteiger partial charge in [0.05, 0.1) is 12.2 Å².